The fourth-order valence-corrected chi connectivity index (χ4v) is 6.13. The van der Waals surface area contributed by atoms with E-state index in [4.69, 9.17) is 9.73 Å². The Bertz CT molecular complexity index is 520. The van der Waals surface area contributed by atoms with Crippen molar-refractivity contribution >= 4 is 5.96 Å². The summed E-state index contributed by atoms with van der Waals surface area (Å²) in [6.07, 6.45) is 11.1. The highest BCUT2D eigenvalue weighted by Gasteiger charge is 2.58. The molecule has 2 N–H and O–H groups in total. The molecule has 4 fully saturated rings. The molecule has 0 spiro atoms. The quantitative estimate of drug-likeness (QED) is 0.584. The van der Waals surface area contributed by atoms with Gasteiger partial charge in [0.05, 0.1) is 6.10 Å². The summed E-state index contributed by atoms with van der Waals surface area (Å²) in [6, 6.07) is 1.90. The van der Waals surface area contributed by atoms with Crippen molar-refractivity contribution in [2.75, 3.05) is 26.2 Å². The van der Waals surface area contributed by atoms with Crippen molar-refractivity contribution in [3.8, 4) is 0 Å². The lowest BCUT2D eigenvalue weighted by Crippen LogP contribution is -2.71. The van der Waals surface area contributed by atoms with Gasteiger partial charge in [-0.2, -0.15) is 0 Å². The average Bonchev–Trinajstić information content (AvgIpc) is 3.21. The van der Waals surface area contributed by atoms with Crippen LogP contribution in [0, 0.1) is 11.3 Å². The van der Waals surface area contributed by atoms with E-state index in [0.29, 0.717) is 24.1 Å². The van der Waals surface area contributed by atoms with Crippen LogP contribution < -0.4 is 10.6 Å². The smallest absolute Gasteiger partial charge is 0.191 e. The predicted octanol–water partition coefficient (Wildman–Crippen LogP) is 3.15. The number of piperidine rings is 1. The van der Waals surface area contributed by atoms with Crippen LogP contribution in [0.1, 0.15) is 72.1 Å². The van der Waals surface area contributed by atoms with Gasteiger partial charge in [0.2, 0.25) is 0 Å². The first-order chi connectivity index (χ1) is 13.1. The first-order valence-corrected chi connectivity index (χ1v) is 11.5. The largest absolute Gasteiger partial charge is 0.377 e. The Balaban J connectivity index is 1.30. The van der Waals surface area contributed by atoms with E-state index in [2.05, 4.69) is 36.3 Å². The maximum atomic E-state index is 6.07. The summed E-state index contributed by atoms with van der Waals surface area (Å²) in [5, 5.41) is 7.57. The fraction of sp³-hybridized carbons (Fsp3) is 0.955. The van der Waals surface area contributed by atoms with Crippen LogP contribution >= 0.6 is 0 Å². The zero-order valence-corrected chi connectivity index (χ0v) is 17.7. The molecule has 0 aromatic carbocycles. The van der Waals surface area contributed by atoms with Gasteiger partial charge < -0.3 is 20.3 Å². The molecule has 27 heavy (non-hydrogen) atoms. The Morgan fingerprint density at radius 2 is 1.78 bits per heavy atom. The van der Waals surface area contributed by atoms with Gasteiger partial charge in [-0.1, -0.05) is 26.7 Å². The molecule has 0 amide bonds. The third-order valence-electron chi connectivity index (χ3n) is 7.65. The molecule has 2 saturated carbocycles. The van der Waals surface area contributed by atoms with Gasteiger partial charge in [0.15, 0.2) is 5.96 Å². The second kappa shape index (κ2) is 8.28. The van der Waals surface area contributed by atoms with E-state index >= 15 is 0 Å². The van der Waals surface area contributed by atoms with Crippen molar-refractivity contribution in [1.82, 2.24) is 15.5 Å². The van der Waals surface area contributed by atoms with Crippen LogP contribution in [-0.2, 0) is 4.74 Å². The van der Waals surface area contributed by atoms with Gasteiger partial charge in [0, 0.05) is 55.7 Å². The fourth-order valence-electron chi connectivity index (χ4n) is 6.13. The molecule has 4 rings (SSSR count). The SMILES string of the molecule is CCN=C(NC1CCN(C2CCCC2)CC1)NC1C2CCCOC2C1(C)C. The standard InChI is InChI=1S/C22H40N4O/c1-4-23-21(25-19-18-10-7-15-27-20(18)22(19,2)3)24-16-11-13-26(14-12-16)17-8-5-6-9-17/h16-20H,4-15H2,1-3H3,(H2,23,24,25). The molecule has 0 aromatic rings. The number of likely N-dealkylation sites (tertiary alicyclic amines) is 1. The first-order valence-electron chi connectivity index (χ1n) is 11.5. The molecule has 2 heterocycles. The van der Waals surface area contributed by atoms with Crippen LogP contribution in [0.5, 0.6) is 0 Å². The maximum Gasteiger partial charge on any atom is 0.191 e. The Morgan fingerprint density at radius 1 is 1.04 bits per heavy atom. The van der Waals surface area contributed by atoms with Crippen LogP contribution in [0.15, 0.2) is 4.99 Å². The van der Waals surface area contributed by atoms with E-state index in [9.17, 15) is 0 Å². The Labute approximate surface area is 165 Å². The number of rotatable bonds is 4. The molecule has 2 aliphatic carbocycles. The third-order valence-corrected chi connectivity index (χ3v) is 7.65. The molecule has 4 aliphatic rings. The van der Waals surface area contributed by atoms with Crippen LogP contribution in [0.2, 0.25) is 0 Å². The lowest BCUT2D eigenvalue weighted by molar-refractivity contribution is -0.188. The minimum absolute atomic E-state index is 0.188. The topological polar surface area (TPSA) is 48.9 Å². The third kappa shape index (κ3) is 4.00. The van der Waals surface area contributed by atoms with Gasteiger partial charge >= 0.3 is 0 Å². The van der Waals surface area contributed by atoms with E-state index < -0.39 is 0 Å². The number of hydrogen-bond acceptors (Lipinski definition) is 3. The molecule has 0 aromatic heterocycles. The van der Waals surface area contributed by atoms with E-state index in [0.717, 1.165) is 25.2 Å². The van der Waals surface area contributed by atoms with Gasteiger partial charge in [-0.3, -0.25) is 4.99 Å². The Kier molecular flexibility index (Phi) is 5.98. The van der Waals surface area contributed by atoms with Crippen molar-refractivity contribution in [2.24, 2.45) is 16.3 Å². The van der Waals surface area contributed by atoms with Crippen LogP contribution in [0.25, 0.3) is 0 Å². The van der Waals surface area contributed by atoms with Gasteiger partial charge in [0.25, 0.3) is 0 Å². The van der Waals surface area contributed by atoms with Crippen molar-refractivity contribution < 1.29 is 4.74 Å². The van der Waals surface area contributed by atoms with E-state index in [1.54, 1.807) is 0 Å². The molecule has 154 valence electrons. The van der Waals surface area contributed by atoms with Crippen molar-refractivity contribution in [1.29, 1.82) is 0 Å². The normalized spacial score (nSPS) is 35.5. The summed E-state index contributed by atoms with van der Waals surface area (Å²) in [6.45, 7) is 11.1. The number of nitrogens with zero attached hydrogens (tertiary/aromatic N) is 2. The van der Waals surface area contributed by atoms with Gasteiger partial charge in [-0.25, -0.2) is 0 Å². The first kappa shape index (κ1) is 19.5. The van der Waals surface area contributed by atoms with Crippen molar-refractivity contribution in [2.45, 2.75) is 96.4 Å². The molecule has 0 bridgehead atoms. The van der Waals surface area contributed by atoms with Crippen molar-refractivity contribution in [3.63, 3.8) is 0 Å². The summed E-state index contributed by atoms with van der Waals surface area (Å²) in [5.74, 6) is 1.67. The molecular formula is C22H40N4O. The molecule has 5 heteroatoms. The minimum atomic E-state index is 0.188. The number of hydrogen-bond donors (Lipinski definition) is 2. The van der Waals surface area contributed by atoms with E-state index in [1.165, 1.54) is 64.5 Å². The minimum Gasteiger partial charge on any atom is -0.377 e. The van der Waals surface area contributed by atoms with Gasteiger partial charge in [-0.05, 0) is 45.4 Å². The summed E-state index contributed by atoms with van der Waals surface area (Å²) >= 11 is 0. The molecule has 3 unspecified atom stereocenters. The highest BCUT2D eigenvalue weighted by Crippen LogP contribution is 2.51. The molecule has 2 saturated heterocycles. The molecule has 2 aliphatic heterocycles. The second-order valence-electron chi connectivity index (χ2n) is 9.76. The average molecular weight is 377 g/mol. The lowest BCUT2D eigenvalue weighted by Gasteiger charge is -2.60. The van der Waals surface area contributed by atoms with Gasteiger partial charge in [-0.15, -0.1) is 0 Å². The zero-order valence-electron chi connectivity index (χ0n) is 17.7. The summed E-state index contributed by atoms with van der Waals surface area (Å²) in [4.78, 5) is 7.52. The van der Waals surface area contributed by atoms with Crippen molar-refractivity contribution in [3.05, 3.63) is 0 Å². The van der Waals surface area contributed by atoms with E-state index in [-0.39, 0.29) is 5.41 Å². The maximum absolute atomic E-state index is 6.07. The van der Waals surface area contributed by atoms with Crippen LogP contribution in [-0.4, -0.2) is 61.3 Å². The second-order valence-corrected chi connectivity index (χ2v) is 9.76. The molecular weight excluding hydrogens is 336 g/mol. The number of aliphatic imine (C=N–C) groups is 1. The predicted molar refractivity (Wildman–Crippen MR) is 111 cm³/mol. The molecule has 0 radical (unpaired) electrons. The van der Waals surface area contributed by atoms with Crippen LogP contribution in [0.4, 0.5) is 0 Å². The number of guanidine groups is 1. The summed E-state index contributed by atoms with van der Waals surface area (Å²) in [5.41, 5.74) is 0.188. The van der Waals surface area contributed by atoms with E-state index in [1.807, 2.05) is 0 Å². The number of nitrogens with one attached hydrogen (secondary N) is 2. The highest BCUT2D eigenvalue weighted by atomic mass is 16.5. The molecule has 5 nitrogen and oxygen atoms in total. The molecule has 3 atom stereocenters. The summed E-state index contributed by atoms with van der Waals surface area (Å²) in [7, 11) is 0. The number of ether oxygens (including phenoxy) is 1. The van der Waals surface area contributed by atoms with Crippen LogP contribution in [0.3, 0.4) is 0 Å². The highest BCUT2D eigenvalue weighted by molar-refractivity contribution is 5.80. The summed E-state index contributed by atoms with van der Waals surface area (Å²) < 4.78 is 6.07. The lowest BCUT2D eigenvalue weighted by atomic mass is 9.55. The Hall–Kier alpha value is -0.810. The number of fused-ring (bicyclic) bond motifs is 1. The monoisotopic (exact) mass is 376 g/mol. The Morgan fingerprint density at radius 3 is 2.48 bits per heavy atom. The van der Waals surface area contributed by atoms with Gasteiger partial charge in [0.1, 0.15) is 0 Å². The zero-order chi connectivity index (χ0) is 18.9.